The Morgan fingerprint density at radius 1 is 1.04 bits per heavy atom. The van der Waals surface area contributed by atoms with Crippen LogP contribution in [0, 0.1) is 10.1 Å². The maximum absolute atomic E-state index is 11.8. The highest BCUT2D eigenvalue weighted by molar-refractivity contribution is 6.33. The molecule has 0 aliphatic rings. The fourth-order valence-corrected chi connectivity index (χ4v) is 2.03. The van der Waals surface area contributed by atoms with Crippen LogP contribution in [0.1, 0.15) is 20.7 Å². The number of hydrogen-bond acceptors (Lipinski definition) is 6. The molecule has 0 saturated heterocycles. The van der Waals surface area contributed by atoms with Crippen LogP contribution in [-0.2, 0) is 9.53 Å². The quantitative estimate of drug-likeness (QED) is 0.465. The van der Waals surface area contributed by atoms with E-state index in [1.807, 2.05) is 0 Å². The standard InChI is InChI=1S/C16H12ClN3O6/c17-13-4-2-1-3-12(13)15(22)19-18-14(21)9-26-16(23)10-5-7-11(8-6-10)20(24)25/h1-8H,9H2,(H,18,21)(H,19,22). The molecule has 2 aromatic carbocycles. The van der Waals surface area contributed by atoms with Gasteiger partial charge in [0.25, 0.3) is 17.5 Å². The molecule has 0 spiro atoms. The predicted molar refractivity (Wildman–Crippen MR) is 90.4 cm³/mol. The van der Waals surface area contributed by atoms with Crippen LogP contribution >= 0.6 is 11.6 Å². The van der Waals surface area contributed by atoms with Crippen LogP contribution in [0.5, 0.6) is 0 Å². The molecule has 10 heteroatoms. The second kappa shape index (κ2) is 8.58. The largest absolute Gasteiger partial charge is 0.452 e. The Kier molecular flexibility index (Phi) is 6.23. The van der Waals surface area contributed by atoms with Gasteiger partial charge in [-0.3, -0.25) is 30.6 Å². The summed E-state index contributed by atoms with van der Waals surface area (Å²) in [5, 5.41) is 10.8. The van der Waals surface area contributed by atoms with Crippen molar-refractivity contribution in [3.8, 4) is 0 Å². The normalized spacial score (nSPS) is 9.88. The van der Waals surface area contributed by atoms with Crippen molar-refractivity contribution < 1.29 is 24.0 Å². The summed E-state index contributed by atoms with van der Waals surface area (Å²) in [5.74, 6) is -2.25. The molecule has 26 heavy (non-hydrogen) atoms. The van der Waals surface area contributed by atoms with Gasteiger partial charge in [0, 0.05) is 12.1 Å². The molecule has 9 nitrogen and oxygen atoms in total. The average molecular weight is 378 g/mol. The van der Waals surface area contributed by atoms with Crippen molar-refractivity contribution in [3.63, 3.8) is 0 Å². The summed E-state index contributed by atoms with van der Waals surface area (Å²) in [5.41, 5.74) is 4.24. The fourth-order valence-electron chi connectivity index (χ4n) is 1.81. The lowest BCUT2D eigenvalue weighted by Gasteiger charge is -2.09. The van der Waals surface area contributed by atoms with Crippen LogP contribution in [0.25, 0.3) is 0 Å². The number of hydrazine groups is 1. The maximum Gasteiger partial charge on any atom is 0.338 e. The van der Waals surface area contributed by atoms with Crippen molar-refractivity contribution >= 4 is 35.1 Å². The van der Waals surface area contributed by atoms with E-state index in [0.29, 0.717) is 0 Å². The molecule has 134 valence electrons. The van der Waals surface area contributed by atoms with Gasteiger partial charge in [0.15, 0.2) is 6.61 Å². The molecule has 0 unspecified atom stereocenters. The summed E-state index contributed by atoms with van der Waals surface area (Å²) in [7, 11) is 0. The number of benzene rings is 2. The summed E-state index contributed by atoms with van der Waals surface area (Å²) in [4.78, 5) is 45.2. The maximum atomic E-state index is 11.8. The Hall–Kier alpha value is -3.46. The Labute approximate surface area is 152 Å². The zero-order valence-corrected chi connectivity index (χ0v) is 13.9. The first-order valence-electron chi connectivity index (χ1n) is 7.14. The lowest BCUT2D eigenvalue weighted by Crippen LogP contribution is -2.43. The first-order valence-corrected chi connectivity index (χ1v) is 7.51. The third-order valence-electron chi connectivity index (χ3n) is 3.08. The van der Waals surface area contributed by atoms with Gasteiger partial charge < -0.3 is 4.74 Å². The minimum Gasteiger partial charge on any atom is -0.452 e. The molecule has 2 rings (SSSR count). The molecule has 2 aromatic rings. The first kappa shape index (κ1) is 18.9. The molecule has 2 N–H and O–H groups in total. The number of amides is 2. The van der Waals surface area contributed by atoms with Gasteiger partial charge in [-0.25, -0.2) is 4.79 Å². The lowest BCUT2D eigenvalue weighted by atomic mass is 10.2. The topological polar surface area (TPSA) is 128 Å². The van der Waals surface area contributed by atoms with E-state index < -0.39 is 29.3 Å². The number of nitrogens with zero attached hydrogens (tertiary/aromatic N) is 1. The Morgan fingerprint density at radius 2 is 1.69 bits per heavy atom. The van der Waals surface area contributed by atoms with Crippen LogP contribution in [0.3, 0.4) is 0 Å². The minimum atomic E-state index is -0.840. The molecule has 0 atom stereocenters. The van der Waals surface area contributed by atoms with E-state index in [-0.39, 0.29) is 21.8 Å². The molecule has 2 amide bonds. The number of nitro groups is 1. The lowest BCUT2D eigenvalue weighted by molar-refractivity contribution is -0.384. The first-order chi connectivity index (χ1) is 12.4. The number of esters is 1. The van der Waals surface area contributed by atoms with E-state index in [0.717, 1.165) is 12.1 Å². The molecule has 0 aliphatic carbocycles. The van der Waals surface area contributed by atoms with Crippen molar-refractivity contribution in [2.24, 2.45) is 0 Å². The van der Waals surface area contributed by atoms with Crippen LogP contribution in [0.4, 0.5) is 5.69 Å². The molecule has 0 aliphatic heterocycles. The average Bonchev–Trinajstić information content (AvgIpc) is 2.64. The van der Waals surface area contributed by atoms with Gasteiger partial charge in [-0.15, -0.1) is 0 Å². The van der Waals surface area contributed by atoms with Crippen LogP contribution in [0.2, 0.25) is 5.02 Å². The third-order valence-corrected chi connectivity index (χ3v) is 3.41. The number of nitro benzene ring substituents is 1. The smallest absolute Gasteiger partial charge is 0.338 e. The van der Waals surface area contributed by atoms with Gasteiger partial charge in [0.2, 0.25) is 0 Å². The highest BCUT2D eigenvalue weighted by Gasteiger charge is 2.14. The van der Waals surface area contributed by atoms with Crippen molar-refractivity contribution in [2.45, 2.75) is 0 Å². The number of carbonyl (C=O) groups is 3. The summed E-state index contributed by atoms with van der Waals surface area (Å²) < 4.78 is 4.75. The Morgan fingerprint density at radius 3 is 2.31 bits per heavy atom. The molecular weight excluding hydrogens is 366 g/mol. The Balaban J connectivity index is 1.81. The van der Waals surface area contributed by atoms with Crippen molar-refractivity contribution in [1.29, 1.82) is 0 Å². The second-order valence-corrected chi connectivity index (χ2v) is 5.27. The van der Waals surface area contributed by atoms with Crippen molar-refractivity contribution in [2.75, 3.05) is 6.61 Å². The summed E-state index contributed by atoms with van der Waals surface area (Å²) in [6.07, 6.45) is 0. The van der Waals surface area contributed by atoms with Crippen LogP contribution in [-0.4, -0.2) is 29.3 Å². The zero-order valence-electron chi connectivity index (χ0n) is 13.1. The monoisotopic (exact) mass is 377 g/mol. The Bertz CT molecular complexity index is 853. The highest BCUT2D eigenvalue weighted by atomic mass is 35.5. The number of non-ortho nitro benzene ring substituents is 1. The zero-order chi connectivity index (χ0) is 19.1. The van der Waals surface area contributed by atoms with Gasteiger partial charge in [0.05, 0.1) is 21.1 Å². The molecular formula is C16H12ClN3O6. The van der Waals surface area contributed by atoms with Crippen molar-refractivity contribution in [1.82, 2.24) is 10.9 Å². The van der Waals surface area contributed by atoms with E-state index in [9.17, 15) is 24.5 Å². The number of nitrogens with one attached hydrogen (secondary N) is 2. The van der Waals surface area contributed by atoms with Gasteiger partial charge in [0.1, 0.15) is 0 Å². The van der Waals surface area contributed by atoms with E-state index in [4.69, 9.17) is 16.3 Å². The summed E-state index contributed by atoms with van der Waals surface area (Å²) in [6, 6.07) is 10.9. The van der Waals surface area contributed by atoms with E-state index in [2.05, 4.69) is 10.9 Å². The van der Waals surface area contributed by atoms with E-state index >= 15 is 0 Å². The SMILES string of the molecule is O=C(COC(=O)c1ccc([N+](=O)[O-])cc1)NNC(=O)c1ccccc1Cl. The van der Waals surface area contributed by atoms with E-state index in [1.54, 1.807) is 12.1 Å². The van der Waals surface area contributed by atoms with Gasteiger partial charge in [-0.2, -0.15) is 0 Å². The van der Waals surface area contributed by atoms with Gasteiger partial charge in [-0.05, 0) is 24.3 Å². The minimum absolute atomic E-state index is 0.0449. The molecule has 0 bridgehead atoms. The second-order valence-electron chi connectivity index (χ2n) is 4.86. The molecule has 0 radical (unpaired) electrons. The number of halogens is 1. The number of carbonyl (C=O) groups excluding carboxylic acids is 3. The summed E-state index contributed by atoms with van der Waals surface area (Å²) >= 11 is 5.85. The molecule has 0 heterocycles. The number of rotatable bonds is 5. The van der Waals surface area contributed by atoms with E-state index in [1.165, 1.54) is 24.3 Å². The molecule has 0 fully saturated rings. The molecule has 0 aromatic heterocycles. The highest BCUT2D eigenvalue weighted by Crippen LogP contribution is 2.14. The number of ether oxygens (including phenoxy) is 1. The molecule has 0 saturated carbocycles. The van der Waals surface area contributed by atoms with Gasteiger partial charge >= 0.3 is 5.97 Å². The predicted octanol–water partition coefficient (Wildman–Crippen LogP) is 1.87. The number of hydrogen-bond donors (Lipinski definition) is 2. The fraction of sp³-hybridized carbons (Fsp3) is 0.0625. The summed E-state index contributed by atoms with van der Waals surface area (Å²) in [6.45, 7) is -0.654. The van der Waals surface area contributed by atoms with Crippen LogP contribution < -0.4 is 10.9 Å². The van der Waals surface area contributed by atoms with Crippen LogP contribution in [0.15, 0.2) is 48.5 Å². The van der Waals surface area contributed by atoms with Crippen molar-refractivity contribution in [3.05, 3.63) is 74.8 Å². The van der Waals surface area contributed by atoms with Gasteiger partial charge in [-0.1, -0.05) is 23.7 Å². The third kappa shape index (κ3) is 5.02.